The van der Waals surface area contributed by atoms with E-state index in [1.165, 1.54) is 0 Å². The summed E-state index contributed by atoms with van der Waals surface area (Å²) in [5.74, 6) is 0. The lowest BCUT2D eigenvalue weighted by Gasteiger charge is -2.32. The van der Waals surface area contributed by atoms with Gasteiger partial charge in [0.25, 0.3) is 0 Å². The second-order valence-corrected chi connectivity index (χ2v) is 6.89. The minimum absolute atomic E-state index is 0.0332. The Morgan fingerprint density at radius 2 is 2.14 bits per heavy atom. The van der Waals surface area contributed by atoms with E-state index in [9.17, 15) is 9.90 Å². The van der Waals surface area contributed by atoms with Gasteiger partial charge in [-0.05, 0) is 31.1 Å². The van der Waals surface area contributed by atoms with E-state index in [4.69, 9.17) is 0 Å². The van der Waals surface area contributed by atoms with E-state index in [1.54, 1.807) is 6.20 Å². The van der Waals surface area contributed by atoms with Crippen molar-refractivity contribution in [1.29, 1.82) is 0 Å². The predicted molar refractivity (Wildman–Crippen MR) is 85.6 cm³/mol. The number of urea groups is 1. The van der Waals surface area contributed by atoms with Crippen LogP contribution in [0.4, 0.5) is 4.79 Å². The Labute approximate surface area is 132 Å². The smallest absolute Gasteiger partial charge is 0.317 e. The predicted octanol–water partition coefficient (Wildman–Crippen LogP) is 2.03. The third-order valence-electron chi connectivity index (χ3n) is 4.43. The molecule has 0 aromatic carbocycles. The maximum Gasteiger partial charge on any atom is 0.317 e. The Balaban J connectivity index is 1.65. The van der Waals surface area contributed by atoms with Gasteiger partial charge in [-0.3, -0.25) is 0 Å². The van der Waals surface area contributed by atoms with Crippen LogP contribution in [0.1, 0.15) is 45.6 Å². The lowest BCUT2D eigenvalue weighted by Crippen LogP contribution is -2.45. The molecule has 0 unspecified atom stereocenters. The van der Waals surface area contributed by atoms with Crippen molar-refractivity contribution < 1.29 is 9.90 Å². The number of likely N-dealkylation sites (tertiary alicyclic amines) is 1. The molecular formula is C16H28N4O2. The molecule has 0 bridgehead atoms. The zero-order valence-electron chi connectivity index (χ0n) is 13.7. The quantitative estimate of drug-likeness (QED) is 0.790. The number of nitrogens with zero attached hydrogens (tertiary/aromatic N) is 3. The molecule has 0 atom stereocenters. The molecule has 0 spiro atoms. The molecule has 6 heteroatoms. The highest BCUT2D eigenvalue weighted by Gasteiger charge is 2.23. The summed E-state index contributed by atoms with van der Waals surface area (Å²) < 4.78 is 2.13. The lowest BCUT2D eigenvalue weighted by atomic mass is 9.89. The molecule has 22 heavy (non-hydrogen) atoms. The van der Waals surface area contributed by atoms with Crippen LogP contribution in [0.2, 0.25) is 0 Å². The summed E-state index contributed by atoms with van der Waals surface area (Å²) in [7, 11) is 0. The summed E-state index contributed by atoms with van der Waals surface area (Å²) in [6, 6.07) is 0.489. The van der Waals surface area contributed by atoms with Gasteiger partial charge in [0.1, 0.15) is 0 Å². The number of aliphatic hydroxyl groups excluding tert-OH is 1. The second-order valence-electron chi connectivity index (χ2n) is 6.89. The zero-order chi connectivity index (χ0) is 16.0. The van der Waals surface area contributed by atoms with Crippen LogP contribution < -0.4 is 5.32 Å². The fourth-order valence-corrected chi connectivity index (χ4v) is 2.81. The van der Waals surface area contributed by atoms with E-state index in [-0.39, 0.29) is 18.1 Å². The molecule has 1 aliphatic rings. The van der Waals surface area contributed by atoms with Gasteiger partial charge in [-0.1, -0.05) is 13.8 Å². The first-order chi connectivity index (χ1) is 10.5. The minimum Gasteiger partial charge on any atom is -0.396 e. The van der Waals surface area contributed by atoms with Crippen LogP contribution in [-0.2, 0) is 0 Å². The molecule has 2 amide bonds. The van der Waals surface area contributed by atoms with Gasteiger partial charge in [-0.2, -0.15) is 0 Å². The molecule has 2 N–H and O–H groups in total. The molecule has 2 heterocycles. The number of aliphatic hydroxyl groups is 1. The first kappa shape index (κ1) is 16.8. The van der Waals surface area contributed by atoms with Gasteiger partial charge >= 0.3 is 6.03 Å². The Morgan fingerprint density at radius 3 is 2.73 bits per heavy atom. The Bertz CT molecular complexity index is 451. The number of carbonyl (C=O) groups is 1. The van der Waals surface area contributed by atoms with E-state index in [2.05, 4.69) is 14.9 Å². The third-order valence-corrected chi connectivity index (χ3v) is 4.43. The number of aromatic nitrogens is 2. The van der Waals surface area contributed by atoms with Gasteiger partial charge in [0.2, 0.25) is 0 Å². The summed E-state index contributed by atoms with van der Waals surface area (Å²) in [4.78, 5) is 18.1. The van der Waals surface area contributed by atoms with Crippen molar-refractivity contribution in [2.24, 2.45) is 5.41 Å². The Kier molecular flexibility index (Phi) is 5.83. The lowest BCUT2D eigenvalue weighted by molar-refractivity contribution is 0.146. The van der Waals surface area contributed by atoms with Gasteiger partial charge in [0.15, 0.2) is 0 Å². The SMILES string of the molecule is CC(C)(CO)CCCNC(=O)N1CCC(n2ccnc2)CC1. The number of rotatable bonds is 6. The van der Waals surface area contributed by atoms with Crippen molar-refractivity contribution >= 4 is 6.03 Å². The van der Waals surface area contributed by atoms with E-state index >= 15 is 0 Å². The van der Waals surface area contributed by atoms with Crippen LogP contribution >= 0.6 is 0 Å². The number of imidazole rings is 1. The molecule has 0 radical (unpaired) electrons. The molecule has 2 rings (SSSR count). The van der Waals surface area contributed by atoms with Crippen LogP contribution in [-0.4, -0.2) is 51.8 Å². The standard InChI is InChI=1S/C16H28N4O2/c1-16(2,12-21)6-3-7-18-15(22)19-9-4-14(5-10-19)20-11-8-17-13-20/h8,11,13-14,21H,3-7,9-10,12H2,1-2H3,(H,18,22). The van der Waals surface area contributed by atoms with Crippen molar-refractivity contribution in [3.8, 4) is 0 Å². The topological polar surface area (TPSA) is 70.4 Å². The summed E-state index contributed by atoms with van der Waals surface area (Å²) in [5.41, 5.74) is -0.0616. The van der Waals surface area contributed by atoms with Gasteiger partial charge in [-0.25, -0.2) is 9.78 Å². The van der Waals surface area contributed by atoms with Crippen molar-refractivity contribution in [3.63, 3.8) is 0 Å². The number of nitrogens with one attached hydrogen (secondary N) is 1. The summed E-state index contributed by atoms with van der Waals surface area (Å²) in [6.45, 7) is 6.51. The molecule has 0 saturated carbocycles. The Hall–Kier alpha value is -1.56. The molecule has 1 aromatic rings. The minimum atomic E-state index is -0.0616. The van der Waals surface area contributed by atoms with E-state index < -0.39 is 0 Å². The number of hydrogen-bond donors (Lipinski definition) is 2. The molecule has 1 aromatic heterocycles. The van der Waals surface area contributed by atoms with Crippen LogP contribution in [0.25, 0.3) is 0 Å². The van der Waals surface area contributed by atoms with E-state index in [0.29, 0.717) is 12.6 Å². The van der Waals surface area contributed by atoms with Gasteiger partial charge in [0.05, 0.1) is 6.33 Å². The summed E-state index contributed by atoms with van der Waals surface area (Å²) >= 11 is 0. The molecule has 124 valence electrons. The van der Waals surface area contributed by atoms with E-state index in [0.717, 1.165) is 38.8 Å². The highest BCUT2D eigenvalue weighted by atomic mass is 16.3. The molecular weight excluding hydrogens is 280 g/mol. The fourth-order valence-electron chi connectivity index (χ4n) is 2.81. The normalized spacial score (nSPS) is 16.8. The second kappa shape index (κ2) is 7.63. The third kappa shape index (κ3) is 4.73. The van der Waals surface area contributed by atoms with Gasteiger partial charge < -0.3 is 19.9 Å². The van der Waals surface area contributed by atoms with Crippen LogP contribution in [0.5, 0.6) is 0 Å². The molecule has 6 nitrogen and oxygen atoms in total. The van der Waals surface area contributed by atoms with Crippen LogP contribution in [0.3, 0.4) is 0 Å². The van der Waals surface area contributed by atoms with E-state index in [1.807, 2.05) is 31.3 Å². The maximum absolute atomic E-state index is 12.1. The molecule has 1 fully saturated rings. The largest absolute Gasteiger partial charge is 0.396 e. The van der Waals surface area contributed by atoms with Crippen molar-refractivity contribution in [2.75, 3.05) is 26.2 Å². The van der Waals surface area contributed by atoms with Crippen LogP contribution in [0.15, 0.2) is 18.7 Å². The summed E-state index contributed by atoms with van der Waals surface area (Å²) in [5, 5.41) is 12.2. The average Bonchev–Trinajstić information content (AvgIpc) is 3.06. The molecule has 1 saturated heterocycles. The van der Waals surface area contributed by atoms with Crippen molar-refractivity contribution in [1.82, 2.24) is 19.8 Å². The summed E-state index contributed by atoms with van der Waals surface area (Å²) in [6.07, 6.45) is 9.39. The highest BCUT2D eigenvalue weighted by Crippen LogP contribution is 2.22. The molecule has 1 aliphatic heterocycles. The Morgan fingerprint density at radius 1 is 1.41 bits per heavy atom. The van der Waals surface area contributed by atoms with Gasteiger partial charge in [-0.15, -0.1) is 0 Å². The van der Waals surface area contributed by atoms with Crippen molar-refractivity contribution in [2.45, 2.75) is 45.6 Å². The number of piperidine rings is 1. The number of hydrogen-bond acceptors (Lipinski definition) is 3. The average molecular weight is 308 g/mol. The number of carbonyl (C=O) groups excluding carboxylic acids is 1. The molecule has 0 aliphatic carbocycles. The zero-order valence-corrected chi connectivity index (χ0v) is 13.7. The van der Waals surface area contributed by atoms with Crippen molar-refractivity contribution in [3.05, 3.63) is 18.7 Å². The first-order valence-corrected chi connectivity index (χ1v) is 8.13. The first-order valence-electron chi connectivity index (χ1n) is 8.13. The van der Waals surface area contributed by atoms with Crippen LogP contribution in [0, 0.1) is 5.41 Å². The highest BCUT2D eigenvalue weighted by molar-refractivity contribution is 5.74. The maximum atomic E-state index is 12.1. The van der Waals surface area contributed by atoms with Gasteiger partial charge in [0, 0.05) is 44.7 Å². The number of amides is 2. The monoisotopic (exact) mass is 308 g/mol. The fraction of sp³-hybridized carbons (Fsp3) is 0.750.